The van der Waals surface area contributed by atoms with Crippen molar-refractivity contribution in [3.8, 4) is 0 Å². The van der Waals surface area contributed by atoms with Crippen molar-refractivity contribution >= 4 is 27.2 Å². The van der Waals surface area contributed by atoms with Crippen LogP contribution in [-0.4, -0.2) is 28.7 Å². The molecule has 0 aliphatic rings. The van der Waals surface area contributed by atoms with E-state index in [1.54, 1.807) is 24.0 Å². The zero-order valence-corrected chi connectivity index (χ0v) is 9.81. The van der Waals surface area contributed by atoms with Crippen LogP contribution in [0.5, 0.6) is 0 Å². The van der Waals surface area contributed by atoms with E-state index in [9.17, 15) is 8.42 Å². The molecule has 1 aromatic rings. The molecular formula is C7H12N4O2S2. The third-order valence-corrected chi connectivity index (χ3v) is 3.31. The molecule has 0 aromatic carbocycles. The highest BCUT2D eigenvalue weighted by Gasteiger charge is 2.12. The third kappa shape index (κ3) is 3.94. The maximum Gasteiger partial charge on any atom is 0.218 e. The largest absolute Gasteiger partial charge is 0.392 e. The van der Waals surface area contributed by atoms with Gasteiger partial charge in [-0.15, -0.1) is 0 Å². The Hall–Kier alpha value is -0.990. The van der Waals surface area contributed by atoms with Crippen molar-refractivity contribution in [2.45, 2.75) is 6.54 Å². The number of aryl methyl sites for hydroxylation is 1. The van der Waals surface area contributed by atoms with E-state index in [-0.39, 0.29) is 17.3 Å². The SMILES string of the molecule is Cn1ccnc1CNS(=O)(=O)CC(N)=S. The molecule has 0 aliphatic heterocycles. The Balaban J connectivity index is 2.58. The van der Waals surface area contributed by atoms with Crippen LogP contribution in [0.3, 0.4) is 0 Å². The molecule has 8 heteroatoms. The molecule has 3 N–H and O–H groups in total. The minimum atomic E-state index is -3.44. The van der Waals surface area contributed by atoms with Gasteiger partial charge in [0.25, 0.3) is 0 Å². The Labute approximate surface area is 93.5 Å². The number of sulfonamides is 1. The maximum absolute atomic E-state index is 11.3. The number of nitrogens with zero attached hydrogens (tertiary/aromatic N) is 2. The van der Waals surface area contributed by atoms with E-state index in [0.29, 0.717) is 5.82 Å². The predicted molar refractivity (Wildman–Crippen MR) is 60.6 cm³/mol. The van der Waals surface area contributed by atoms with Crippen molar-refractivity contribution in [3.05, 3.63) is 18.2 Å². The molecule has 0 saturated carbocycles. The summed E-state index contributed by atoms with van der Waals surface area (Å²) in [5, 5.41) is 0. The Morgan fingerprint density at radius 3 is 2.87 bits per heavy atom. The number of hydrogen-bond donors (Lipinski definition) is 2. The Kier molecular flexibility index (Phi) is 3.77. The molecule has 84 valence electrons. The Bertz CT molecular complexity index is 451. The summed E-state index contributed by atoms with van der Waals surface area (Å²) in [7, 11) is -1.66. The first kappa shape index (κ1) is 12.1. The van der Waals surface area contributed by atoms with Gasteiger partial charge < -0.3 is 10.3 Å². The molecule has 15 heavy (non-hydrogen) atoms. The first-order chi connectivity index (χ1) is 6.91. The van der Waals surface area contributed by atoms with E-state index in [0.717, 1.165) is 0 Å². The van der Waals surface area contributed by atoms with Crippen LogP contribution in [-0.2, 0) is 23.6 Å². The van der Waals surface area contributed by atoms with E-state index < -0.39 is 10.0 Å². The van der Waals surface area contributed by atoms with Gasteiger partial charge in [0.15, 0.2) is 0 Å². The molecule has 0 saturated heterocycles. The summed E-state index contributed by atoms with van der Waals surface area (Å²) in [6.45, 7) is 0.133. The maximum atomic E-state index is 11.3. The average molecular weight is 248 g/mol. The number of rotatable bonds is 5. The number of imidazole rings is 1. The zero-order chi connectivity index (χ0) is 11.5. The predicted octanol–water partition coefficient (Wildman–Crippen LogP) is -0.874. The van der Waals surface area contributed by atoms with Gasteiger partial charge in [-0.25, -0.2) is 18.1 Å². The molecule has 1 heterocycles. The van der Waals surface area contributed by atoms with Gasteiger partial charge in [-0.3, -0.25) is 0 Å². The van der Waals surface area contributed by atoms with E-state index in [1.165, 1.54) is 0 Å². The molecule has 0 spiro atoms. The number of nitrogens with two attached hydrogens (primary N) is 1. The fraction of sp³-hybridized carbons (Fsp3) is 0.429. The summed E-state index contributed by atoms with van der Waals surface area (Å²) in [6.07, 6.45) is 3.33. The smallest absolute Gasteiger partial charge is 0.218 e. The first-order valence-electron chi connectivity index (χ1n) is 4.12. The number of hydrogen-bond acceptors (Lipinski definition) is 4. The van der Waals surface area contributed by atoms with Gasteiger partial charge in [-0.1, -0.05) is 12.2 Å². The van der Waals surface area contributed by atoms with Gasteiger partial charge in [-0.05, 0) is 0 Å². The van der Waals surface area contributed by atoms with Crippen molar-refractivity contribution in [2.24, 2.45) is 12.8 Å². The molecule has 1 aromatic heterocycles. The molecule has 6 nitrogen and oxygen atoms in total. The fourth-order valence-electron chi connectivity index (χ4n) is 0.980. The molecule has 1 rings (SSSR count). The molecule has 0 unspecified atom stereocenters. The van der Waals surface area contributed by atoms with E-state index in [1.807, 2.05) is 0 Å². The second-order valence-electron chi connectivity index (χ2n) is 3.00. The van der Waals surface area contributed by atoms with Crippen LogP contribution >= 0.6 is 12.2 Å². The highest BCUT2D eigenvalue weighted by Crippen LogP contribution is 1.95. The molecule has 0 aliphatic carbocycles. The molecular weight excluding hydrogens is 236 g/mol. The van der Waals surface area contributed by atoms with Gasteiger partial charge in [0, 0.05) is 19.4 Å². The van der Waals surface area contributed by atoms with Gasteiger partial charge in [-0.2, -0.15) is 0 Å². The van der Waals surface area contributed by atoms with Crippen LogP contribution in [0.2, 0.25) is 0 Å². The van der Waals surface area contributed by atoms with Crippen molar-refractivity contribution < 1.29 is 8.42 Å². The fourth-order valence-corrected chi connectivity index (χ4v) is 2.27. The van der Waals surface area contributed by atoms with Crippen molar-refractivity contribution in [3.63, 3.8) is 0 Å². The molecule has 0 fully saturated rings. The van der Waals surface area contributed by atoms with Crippen LogP contribution < -0.4 is 10.5 Å². The molecule has 0 radical (unpaired) electrons. The summed E-state index contributed by atoms with van der Waals surface area (Å²) in [5.74, 6) is 0.286. The van der Waals surface area contributed by atoms with Crippen LogP contribution in [0, 0.1) is 0 Å². The van der Waals surface area contributed by atoms with E-state index >= 15 is 0 Å². The quantitative estimate of drug-likeness (QED) is 0.661. The lowest BCUT2D eigenvalue weighted by Gasteiger charge is -2.05. The van der Waals surface area contributed by atoms with Crippen molar-refractivity contribution in [2.75, 3.05) is 5.75 Å². The number of aromatic nitrogens is 2. The third-order valence-electron chi connectivity index (χ3n) is 1.70. The lowest BCUT2D eigenvalue weighted by molar-refractivity contribution is 0.581. The van der Waals surface area contributed by atoms with Crippen molar-refractivity contribution in [1.82, 2.24) is 14.3 Å². The number of nitrogens with one attached hydrogen (secondary N) is 1. The van der Waals surface area contributed by atoms with Crippen LogP contribution in [0.15, 0.2) is 12.4 Å². The van der Waals surface area contributed by atoms with Crippen molar-refractivity contribution in [1.29, 1.82) is 0 Å². The lowest BCUT2D eigenvalue weighted by Crippen LogP contribution is -2.32. The summed E-state index contributed by atoms with van der Waals surface area (Å²) in [4.78, 5) is 3.92. The Morgan fingerprint density at radius 1 is 1.73 bits per heavy atom. The van der Waals surface area contributed by atoms with E-state index in [2.05, 4.69) is 21.9 Å². The molecule has 0 bridgehead atoms. The minimum Gasteiger partial charge on any atom is -0.392 e. The average Bonchev–Trinajstić information content (AvgIpc) is 2.45. The second kappa shape index (κ2) is 4.69. The minimum absolute atomic E-state index is 0.0534. The number of thiocarbonyl (C=S) groups is 1. The highest BCUT2D eigenvalue weighted by molar-refractivity contribution is 7.92. The highest BCUT2D eigenvalue weighted by atomic mass is 32.2. The lowest BCUT2D eigenvalue weighted by atomic mass is 10.6. The first-order valence-corrected chi connectivity index (χ1v) is 6.18. The topological polar surface area (TPSA) is 90.0 Å². The molecule has 0 atom stereocenters. The Morgan fingerprint density at radius 2 is 2.40 bits per heavy atom. The normalized spacial score (nSPS) is 11.5. The summed E-state index contributed by atoms with van der Waals surface area (Å²) < 4.78 is 26.7. The second-order valence-corrected chi connectivity index (χ2v) is 5.33. The van der Waals surface area contributed by atoms with Gasteiger partial charge in [0.2, 0.25) is 10.0 Å². The van der Waals surface area contributed by atoms with Crippen LogP contribution in [0.1, 0.15) is 5.82 Å². The summed E-state index contributed by atoms with van der Waals surface area (Å²) in [6, 6.07) is 0. The van der Waals surface area contributed by atoms with Crippen LogP contribution in [0.25, 0.3) is 0 Å². The van der Waals surface area contributed by atoms with Gasteiger partial charge in [0.05, 0.1) is 11.5 Å². The monoisotopic (exact) mass is 248 g/mol. The van der Waals surface area contributed by atoms with E-state index in [4.69, 9.17) is 5.73 Å². The zero-order valence-electron chi connectivity index (χ0n) is 8.17. The van der Waals surface area contributed by atoms with Crippen LogP contribution in [0.4, 0.5) is 0 Å². The molecule has 0 amide bonds. The standard InChI is InChI=1S/C7H12N4O2S2/c1-11-3-2-9-7(11)4-10-15(12,13)5-6(8)14/h2-3,10H,4-5H2,1H3,(H2,8,14). The summed E-state index contributed by atoms with van der Waals surface area (Å²) in [5.41, 5.74) is 5.15. The summed E-state index contributed by atoms with van der Waals surface area (Å²) >= 11 is 4.52. The van der Waals surface area contributed by atoms with Gasteiger partial charge >= 0.3 is 0 Å². The van der Waals surface area contributed by atoms with Gasteiger partial charge in [0.1, 0.15) is 11.6 Å².